The van der Waals surface area contributed by atoms with Gasteiger partial charge in [0.1, 0.15) is 5.75 Å². The van der Waals surface area contributed by atoms with Crippen molar-refractivity contribution in [3.05, 3.63) is 29.8 Å². The molecule has 0 unspecified atom stereocenters. The van der Waals surface area contributed by atoms with E-state index < -0.39 is 0 Å². The van der Waals surface area contributed by atoms with E-state index in [1.807, 2.05) is 26.0 Å². The molecule has 0 spiro atoms. The summed E-state index contributed by atoms with van der Waals surface area (Å²) in [5.74, 6) is 0.340. The minimum atomic E-state index is 0.340. The Bertz CT molecular complexity index is 192. The van der Waals surface area contributed by atoms with Gasteiger partial charge in [0, 0.05) is 14.2 Å². The molecule has 0 radical (unpaired) electrons. The molecule has 14 heavy (non-hydrogen) atoms. The van der Waals surface area contributed by atoms with Crippen LogP contribution in [0.3, 0.4) is 0 Å². The summed E-state index contributed by atoms with van der Waals surface area (Å²) in [6, 6.07) is 7.27. The van der Waals surface area contributed by atoms with E-state index in [1.54, 1.807) is 26.4 Å². The number of hydrogen-bond donors (Lipinski definition) is 1. The van der Waals surface area contributed by atoms with Crippen LogP contribution in [0.25, 0.3) is 0 Å². The predicted molar refractivity (Wildman–Crippen MR) is 61.8 cm³/mol. The molecule has 0 amide bonds. The molecule has 1 rings (SSSR count). The molecule has 0 saturated heterocycles. The van der Waals surface area contributed by atoms with Crippen LogP contribution in [0.5, 0.6) is 5.75 Å². The van der Waals surface area contributed by atoms with Gasteiger partial charge >= 0.3 is 0 Å². The summed E-state index contributed by atoms with van der Waals surface area (Å²) >= 11 is 0. The molecule has 0 aliphatic rings. The molecule has 0 aromatic heterocycles. The monoisotopic (exact) mass is 198 g/mol. The largest absolute Gasteiger partial charge is 0.508 e. The van der Waals surface area contributed by atoms with Gasteiger partial charge in [-0.05, 0) is 24.1 Å². The number of benzene rings is 1. The van der Waals surface area contributed by atoms with Gasteiger partial charge in [0.2, 0.25) is 0 Å². The van der Waals surface area contributed by atoms with E-state index in [9.17, 15) is 0 Å². The fourth-order valence-electron chi connectivity index (χ4n) is 0.732. The van der Waals surface area contributed by atoms with E-state index in [-0.39, 0.29) is 0 Å². The van der Waals surface area contributed by atoms with Crippen LogP contribution in [-0.2, 0) is 11.2 Å². The van der Waals surface area contributed by atoms with E-state index in [1.165, 1.54) is 5.56 Å². The van der Waals surface area contributed by atoms with Crippen molar-refractivity contribution in [3.63, 3.8) is 0 Å². The highest BCUT2D eigenvalue weighted by molar-refractivity contribution is 5.25. The van der Waals surface area contributed by atoms with Gasteiger partial charge < -0.3 is 9.84 Å². The number of hydrogen-bond acceptors (Lipinski definition) is 2. The number of ether oxygens (including phenoxy) is 1. The van der Waals surface area contributed by atoms with Crippen molar-refractivity contribution in [2.45, 2.75) is 27.2 Å². The summed E-state index contributed by atoms with van der Waals surface area (Å²) in [6.45, 7) is 6.09. The van der Waals surface area contributed by atoms with Crippen LogP contribution in [-0.4, -0.2) is 19.3 Å². The molecule has 1 N–H and O–H groups in total. The zero-order valence-electron chi connectivity index (χ0n) is 9.87. The van der Waals surface area contributed by atoms with Gasteiger partial charge in [-0.3, -0.25) is 0 Å². The summed E-state index contributed by atoms with van der Waals surface area (Å²) in [5.41, 5.74) is 1.26. The Morgan fingerprint density at radius 3 is 1.71 bits per heavy atom. The zero-order valence-corrected chi connectivity index (χ0v) is 9.87. The summed E-state index contributed by atoms with van der Waals surface area (Å²) in [4.78, 5) is 0. The highest BCUT2D eigenvalue weighted by atomic mass is 16.4. The number of methoxy groups -OCH3 is 1. The number of aromatic hydroxyl groups is 1. The molecule has 0 aliphatic heterocycles. The minimum absolute atomic E-state index is 0.340. The number of phenols is 1. The summed E-state index contributed by atoms with van der Waals surface area (Å²) in [6.07, 6.45) is 1.03. The smallest absolute Gasteiger partial charge is 0.115 e. The lowest BCUT2D eigenvalue weighted by atomic mass is 10.2. The lowest BCUT2D eigenvalue weighted by Gasteiger charge is -1.93. The van der Waals surface area contributed by atoms with Crippen molar-refractivity contribution in [1.82, 2.24) is 0 Å². The van der Waals surface area contributed by atoms with E-state index in [0.717, 1.165) is 6.42 Å². The third-order valence-corrected chi connectivity index (χ3v) is 1.34. The van der Waals surface area contributed by atoms with E-state index in [4.69, 9.17) is 5.11 Å². The van der Waals surface area contributed by atoms with Crippen molar-refractivity contribution in [2.75, 3.05) is 14.2 Å². The fraction of sp³-hybridized carbons (Fsp3) is 0.500. The molecule has 82 valence electrons. The SMILES string of the molecule is CC.CCc1ccc(O)cc1.COC. The highest BCUT2D eigenvalue weighted by Gasteiger charge is 1.86. The molecule has 2 heteroatoms. The Morgan fingerprint density at radius 1 is 1.07 bits per heavy atom. The minimum Gasteiger partial charge on any atom is -0.508 e. The van der Waals surface area contributed by atoms with Crippen LogP contribution in [0.15, 0.2) is 24.3 Å². The average Bonchev–Trinajstić information content (AvgIpc) is 2.23. The molecule has 2 nitrogen and oxygen atoms in total. The van der Waals surface area contributed by atoms with Gasteiger partial charge in [0.25, 0.3) is 0 Å². The van der Waals surface area contributed by atoms with Gasteiger partial charge in [-0.25, -0.2) is 0 Å². The van der Waals surface area contributed by atoms with Crippen LogP contribution < -0.4 is 0 Å². The van der Waals surface area contributed by atoms with Crippen LogP contribution in [0, 0.1) is 0 Å². The van der Waals surface area contributed by atoms with Crippen molar-refractivity contribution in [2.24, 2.45) is 0 Å². The summed E-state index contributed by atoms with van der Waals surface area (Å²) in [5, 5.41) is 8.85. The molecule has 0 atom stereocenters. The maximum absolute atomic E-state index is 8.85. The molecule has 1 aromatic rings. The average molecular weight is 198 g/mol. The summed E-state index contributed by atoms with van der Waals surface area (Å²) in [7, 11) is 3.25. The van der Waals surface area contributed by atoms with Crippen molar-refractivity contribution >= 4 is 0 Å². The quantitative estimate of drug-likeness (QED) is 0.750. The van der Waals surface area contributed by atoms with Crippen molar-refractivity contribution < 1.29 is 9.84 Å². The van der Waals surface area contributed by atoms with E-state index >= 15 is 0 Å². The molecular formula is C12H22O2. The lowest BCUT2D eigenvalue weighted by Crippen LogP contribution is -1.75. The standard InChI is InChI=1S/C8H10O.C2H6O.C2H6/c1-2-7-3-5-8(9)6-4-7;1-3-2;1-2/h3-6,9H,2H2,1H3;1-2H3;1-2H3. The van der Waals surface area contributed by atoms with Crippen molar-refractivity contribution in [3.8, 4) is 5.75 Å². The topological polar surface area (TPSA) is 29.5 Å². The molecule has 1 aromatic carbocycles. The normalized spacial score (nSPS) is 7.79. The first-order chi connectivity index (χ1) is 6.74. The zero-order chi connectivity index (χ0) is 11.4. The first kappa shape index (κ1) is 15.5. The first-order valence-corrected chi connectivity index (χ1v) is 4.92. The Morgan fingerprint density at radius 2 is 1.43 bits per heavy atom. The van der Waals surface area contributed by atoms with Gasteiger partial charge in [0.05, 0.1) is 0 Å². The fourth-order valence-corrected chi connectivity index (χ4v) is 0.732. The van der Waals surface area contributed by atoms with Gasteiger partial charge in [-0.2, -0.15) is 0 Å². The van der Waals surface area contributed by atoms with Crippen LogP contribution >= 0.6 is 0 Å². The van der Waals surface area contributed by atoms with Crippen LogP contribution in [0.2, 0.25) is 0 Å². The third kappa shape index (κ3) is 9.07. The predicted octanol–water partition coefficient (Wildman–Crippen LogP) is 3.24. The third-order valence-electron chi connectivity index (χ3n) is 1.34. The number of aryl methyl sites for hydroxylation is 1. The number of phenolic OH excluding ortho intramolecular Hbond substituents is 1. The second-order valence-corrected chi connectivity index (χ2v) is 2.43. The Balaban J connectivity index is 0. The molecular weight excluding hydrogens is 176 g/mol. The Labute approximate surface area is 87.5 Å². The van der Waals surface area contributed by atoms with Gasteiger partial charge in [-0.15, -0.1) is 0 Å². The van der Waals surface area contributed by atoms with Crippen molar-refractivity contribution in [1.29, 1.82) is 0 Å². The molecule has 0 saturated carbocycles. The number of rotatable bonds is 1. The molecule has 0 fully saturated rings. The molecule has 0 heterocycles. The molecule has 0 bridgehead atoms. The molecule has 0 aliphatic carbocycles. The van der Waals surface area contributed by atoms with E-state index in [2.05, 4.69) is 11.7 Å². The Kier molecular flexibility index (Phi) is 13.2. The maximum Gasteiger partial charge on any atom is 0.115 e. The van der Waals surface area contributed by atoms with Gasteiger partial charge in [0.15, 0.2) is 0 Å². The Hall–Kier alpha value is -1.02. The van der Waals surface area contributed by atoms with E-state index in [0.29, 0.717) is 5.75 Å². The highest BCUT2D eigenvalue weighted by Crippen LogP contribution is 2.09. The second-order valence-electron chi connectivity index (χ2n) is 2.43. The van der Waals surface area contributed by atoms with Gasteiger partial charge in [-0.1, -0.05) is 32.9 Å². The lowest BCUT2D eigenvalue weighted by molar-refractivity contribution is 0.277. The maximum atomic E-state index is 8.85. The second kappa shape index (κ2) is 12.0. The van der Waals surface area contributed by atoms with Crippen LogP contribution in [0.4, 0.5) is 0 Å². The first-order valence-electron chi connectivity index (χ1n) is 4.92. The summed E-state index contributed by atoms with van der Waals surface area (Å²) < 4.78 is 4.25. The van der Waals surface area contributed by atoms with Crippen LogP contribution in [0.1, 0.15) is 26.3 Å².